The van der Waals surface area contributed by atoms with Gasteiger partial charge in [0, 0.05) is 18.5 Å². The summed E-state index contributed by atoms with van der Waals surface area (Å²) in [5.41, 5.74) is 0. The molecule has 0 saturated carbocycles. The van der Waals surface area contributed by atoms with E-state index in [1.54, 1.807) is 18.2 Å². The number of amides is 1. The van der Waals surface area contributed by atoms with Gasteiger partial charge in [-0.1, -0.05) is 37.2 Å². The van der Waals surface area contributed by atoms with E-state index in [0.717, 1.165) is 20.9 Å². The summed E-state index contributed by atoms with van der Waals surface area (Å²) in [4.78, 5) is 15.3. The first kappa shape index (κ1) is 20.0. The van der Waals surface area contributed by atoms with Crippen molar-refractivity contribution < 1.29 is 9.21 Å². The number of furan rings is 1. The zero-order chi connectivity index (χ0) is 19.4. The Morgan fingerprint density at radius 1 is 1.37 bits per heavy atom. The lowest BCUT2D eigenvalue weighted by molar-refractivity contribution is -0.127. The van der Waals surface area contributed by atoms with Crippen LogP contribution in [0.5, 0.6) is 0 Å². The van der Waals surface area contributed by atoms with Crippen molar-refractivity contribution in [2.45, 2.75) is 32.1 Å². The number of hydrogen-bond donors (Lipinski definition) is 0. The third-order valence-corrected chi connectivity index (χ3v) is 5.95. The van der Waals surface area contributed by atoms with E-state index in [1.807, 2.05) is 28.8 Å². The lowest BCUT2D eigenvalue weighted by Crippen LogP contribution is -2.27. The minimum Gasteiger partial charge on any atom is -0.461 e. The van der Waals surface area contributed by atoms with E-state index in [9.17, 15) is 4.79 Å². The Balaban J connectivity index is 1.67. The van der Waals surface area contributed by atoms with Gasteiger partial charge in [0.15, 0.2) is 16.7 Å². The summed E-state index contributed by atoms with van der Waals surface area (Å²) in [7, 11) is 1.80. The zero-order valence-corrected chi connectivity index (χ0v) is 17.8. The number of hydrogen-bond acceptors (Lipinski definition) is 6. The molecule has 1 amide bonds. The van der Waals surface area contributed by atoms with Crippen molar-refractivity contribution in [3.8, 4) is 11.6 Å². The van der Waals surface area contributed by atoms with Gasteiger partial charge in [-0.15, -0.1) is 21.5 Å². The van der Waals surface area contributed by atoms with Gasteiger partial charge in [0.05, 0.1) is 22.9 Å². The highest BCUT2D eigenvalue weighted by atomic mass is 35.5. The summed E-state index contributed by atoms with van der Waals surface area (Å²) < 4.78 is 8.21. The first-order chi connectivity index (χ1) is 12.9. The van der Waals surface area contributed by atoms with Gasteiger partial charge >= 0.3 is 0 Å². The van der Waals surface area contributed by atoms with Gasteiger partial charge in [0.2, 0.25) is 5.91 Å². The lowest BCUT2D eigenvalue weighted by Gasteiger charge is -2.16. The fraction of sp³-hybridized carbons (Fsp3) is 0.389. The van der Waals surface area contributed by atoms with Crippen LogP contribution in [0.2, 0.25) is 4.34 Å². The van der Waals surface area contributed by atoms with Crippen molar-refractivity contribution in [2.24, 2.45) is 5.92 Å². The van der Waals surface area contributed by atoms with Crippen LogP contribution in [-0.2, 0) is 17.9 Å². The van der Waals surface area contributed by atoms with Gasteiger partial charge in [0.1, 0.15) is 0 Å². The summed E-state index contributed by atoms with van der Waals surface area (Å²) in [6.07, 6.45) is 1.62. The molecular weight excluding hydrogens is 404 g/mol. The van der Waals surface area contributed by atoms with E-state index in [1.165, 1.54) is 23.1 Å². The molecule has 6 nitrogen and oxygen atoms in total. The van der Waals surface area contributed by atoms with E-state index in [-0.39, 0.29) is 5.91 Å². The average molecular weight is 425 g/mol. The SMILES string of the molecule is CC(C)Cn1c(SCC(=O)N(C)Cc2ccc(Cl)s2)nnc1-c1ccco1. The van der Waals surface area contributed by atoms with Crippen LogP contribution in [0, 0.1) is 5.92 Å². The molecule has 27 heavy (non-hydrogen) atoms. The Bertz CT molecular complexity index is 889. The Hall–Kier alpha value is -1.77. The molecule has 3 heterocycles. The highest BCUT2D eigenvalue weighted by Crippen LogP contribution is 2.26. The molecule has 0 unspecified atom stereocenters. The number of nitrogens with zero attached hydrogens (tertiary/aromatic N) is 4. The van der Waals surface area contributed by atoms with Crippen LogP contribution >= 0.6 is 34.7 Å². The van der Waals surface area contributed by atoms with Gasteiger partial charge in [-0.3, -0.25) is 9.36 Å². The molecule has 0 radical (unpaired) electrons. The Labute approximate surface area is 171 Å². The van der Waals surface area contributed by atoms with Crippen LogP contribution in [0.15, 0.2) is 40.1 Å². The predicted molar refractivity (Wildman–Crippen MR) is 109 cm³/mol. The number of aromatic nitrogens is 3. The summed E-state index contributed by atoms with van der Waals surface area (Å²) in [5.74, 6) is 2.10. The molecule has 9 heteroatoms. The average Bonchev–Trinajstić information content (AvgIpc) is 3.34. The monoisotopic (exact) mass is 424 g/mol. The third kappa shape index (κ3) is 5.15. The Morgan fingerprint density at radius 3 is 2.81 bits per heavy atom. The van der Waals surface area contributed by atoms with Gasteiger partial charge in [-0.05, 0) is 30.2 Å². The molecule has 3 aromatic rings. The normalized spacial score (nSPS) is 11.3. The van der Waals surface area contributed by atoms with E-state index in [2.05, 4.69) is 24.0 Å². The Morgan fingerprint density at radius 2 is 2.19 bits per heavy atom. The molecule has 0 atom stereocenters. The van der Waals surface area contributed by atoms with Crippen molar-refractivity contribution in [1.29, 1.82) is 0 Å². The minimum absolute atomic E-state index is 0.0307. The molecule has 0 saturated heterocycles. The lowest BCUT2D eigenvalue weighted by atomic mass is 10.2. The second-order valence-corrected chi connectivity index (χ2v) is 9.27. The van der Waals surface area contributed by atoms with Crippen LogP contribution in [-0.4, -0.2) is 38.4 Å². The maximum absolute atomic E-state index is 12.5. The number of carbonyl (C=O) groups is 1. The topological polar surface area (TPSA) is 64.2 Å². The van der Waals surface area contributed by atoms with Crippen molar-refractivity contribution in [3.05, 3.63) is 39.7 Å². The van der Waals surface area contributed by atoms with Crippen LogP contribution in [0.1, 0.15) is 18.7 Å². The molecule has 144 valence electrons. The summed E-state index contributed by atoms with van der Waals surface area (Å²) in [6, 6.07) is 7.48. The molecule has 3 aromatic heterocycles. The largest absolute Gasteiger partial charge is 0.461 e. The van der Waals surface area contributed by atoms with Crippen LogP contribution in [0.4, 0.5) is 0 Å². The molecule has 0 N–H and O–H groups in total. The molecule has 0 aliphatic heterocycles. The maximum atomic E-state index is 12.5. The van der Waals surface area contributed by atoms with Gasteiger partial charge in [-0.25, -0.2) is 0 Å². The second-order valence-electron chi connectivity index (χ2n) is 6.53. The minimum atomic E-state index is 0.0307. The maximum Gasteiger partial charge on any atom is 0.233 e. The first-order valence-electron chi connectivity index (χ1n) is 8.52. The smallest absolute Gasteiger partial charge is 0.233 e. The molecule has 0 aliphatic carbocycles. The highest BCUT2D eigenvalue weighted by Gasteiger charge is 2.19. The second kappa shape index (κ2) is 8.95. The standard InChI is InChI=1S/C18H21ClN4O2S2/c1-12(2)9-23-17(14-5-4-8-25-14)20-21-18(23)26-11-16(24)22(3)10-13-6-7-15(19)27-13/h4-8,12H,9-11H2,1-3H3. The first-order valence-corrected chi connectivity index (χ1v) is 10.7. The van der Waals surface area contributed by atoms with Crippen molar-refractivity contribution in [3.63, 3.8) is 0 Å². The van der Waals surface area contributed by atoms with Gasteiger partial charge in [0.25, 0.3) is 0 Å². The number of carbonyl (C=O) groups excluding carboxylic acids is 1. The summed E-state index contributed by atoms with van der Waals surface area (Å²) in [6.45, 7) is 5.56. The predicted octanol–water partition coefficient (Wildman–Crippen LogP) is 4.66. The molecule has 0 aromatic carbocycles. The molecule has 0 spiro atoms. The van der Waals surface area contributed by atoms with Crippen LogP contribution < -0.4 is 0 Å². The van der Waals surface area contributed by atoms with Crippen molar-refractivity contribution in [2.75, 3.05) is 12.8 Å². The molecular formula is C18H21ClN4O2S2. The molecule has 0 fully saturated rings. The van der Waals surface area contributed by atoms with E-state index >= 15 is 0 Å². The molecule has 0 aliphatic rings. The number of halogens is 1. The number of thiophene rings is 1. The fourth-order valence-corrected chi connectivity index (χ4v) is 4.54. The molecule has 0 bridgehead atoms. The van der Waals surface area contributed by atoms with E-state index < -0.39 is 0 Å². The van der Waals surface area contributed by atoms with Gasteiger partial charge in [-0.2, -0.15) is 0 Å². The zero-order valence-electron chi connectivity index (χ0n) is 15.4. The van der Waals surface area contributed by atoms with E-state index in [4.69, 9.17) is 16.0 Å². The summed E-state index contributed by atoms with van der Waals surface area (Å²) in [5, 5.41) is 9.26. The van der Waals surface area contributed by atoms with E-state index in [0.29, 0.717) is 29.8 Å². The highest BCUT2D eigenvalue weighted by molar-refractivity contribution is 7.99. The van der Waals surface area contributed by atoms with Crippen molar-refractivity contribution in [1.82, 2.24) is 19.7 Å². The number of rotatable bonds is 8. The quantitative estimate of drug-likeness (QED) is 0.492. The summed E-state index contributed by atoms with van der Waals surface area (Å²) >= 11 is 8.83. The number of thioether (sulfide) groups is 1. The fourth-order valence-electron chi connectivity index (χ4n) is 2.51. The van der Waals surface area contributed by atoms with Crippen LogP contribution in [0.3, 0.4) is 0 Å². The Kier molecular flexibility index (Phi) is 6.62. The van der Waals surface area contributed by atoms with Crippen molar-refractivity contribution >= 4 is 40.6 Å². The third-order valence-electron chi connectivity index (χ3n) is 3.78. The molecule has 3 rings (SSSR count). The van der Waals surface area contributed by atoms with Gasteiger partial charge < -0.3 is 9.32 Å². The van der Waals surface area contributed by atoms with Crippen LogP contribution in [0.25, 0.3) is 11.6 Å².